The molecular weight excluding hydrogens is 316 g/mol. The van der Waals surface area contributed by atoms with Crippen molar-refractivity contribution in [1.29, 1.82) is 0 Å². The Morgan fingerprint density at radius 3 is 2.39 bits per heavy atom. The third-order valence-electron chi connectivity index (χ3n) is 4.29. The zero-order valence-electron chi connectivity index (χ0n) is 12.7. The molecule has 6 N–H and O–H groups in total. The van der Waals surface area contributed by atoms with E-state index in [-0.39, 0.29) is 19.8 Å². The number of ether oxygens (including phenoxy) is 4. The van der Waals surface area contributed by atoms with Crippen LogP contribution in [0, 0.1) is 0 Å². The Labute approximate surface area is 132 Å². The Balaban J connectivity index is 2.03. The zero-order chi connectivity index (χ0) is 17.2. The van der Waals surface area contributed by atoms with Crippen molar-refractivity contribution >= 4 is 0 Å². The summed E-state index contributed by atoms with van der Waals surface area (Å²) in [4.78, 5) is 0. The topological polar surface area (TPSA) is 158 Å². The molecule has 8 atom stereocenters. The van der Waals surface area contributed by atoms with Crippen LogP contribution in [-0.4, -0.2) is 113 Å². The summed E-state index contributed by atoms with van der Waals surface area (Å²) in [5.74, 6) is 0. The van der Waals surface area contributed by atoms with Gasteiger partial charge in [-0.25, -0.2) is 0 Å². The summed E-state index contributed by atoms with van der Waals surface area (Å²) < 4.78 is 21.0. The molecule has 10 heteroatoms. The van der Waals surface area contributed by atoms with Crippen molar-refractivity contribution in [2.75, 3.05) is 33.5 Å². The maximum absolute atomic E-state index is 10.1. The maximum Gasteiger partial charge on any atom is 0.186 e. The van der Waals surface area contributed by atoms with Gasteiger partial charge in [0.05, 0.1) is 26.4 Å². The highest BCUT2D eigenvalue weighted by Gasteiger charge is 2.49. The molecule has 2 saturated heterocycles. The van der Waals surface area contributed by atoms with Gasteiger partial charge >= 0.3 is 0 Å². The van der Waals surface area contributed by atoms with Crippen LogP contribution in [0.4, 0.5) is 0 Å². The molecule has 0 spiro atoms. The monoisotopic (exact) mass is 340 g/mol. The van der Waals surface area contributed by atoms with E-state index >= 15 is 0 Å². The highest BCUT2D eigenvalue weighted by molar-refractivity contribution is 4.96. The first kappa shape index (κ1) is 18.9. The molecule has 0 aromatic carbocycles. The Hall–Kier alpha value is -0.400. The van der Waals surface area contributed by atoms with E-state index in [4.69, 9.17) is 24.1 Å². The molecule has 23 heavy (non-hydrogen) atoms. The molecule has 0 radical (unpaired) electrons. The van der Waals surface area contributed by atoms with Gasteiger partial charge in [-0.05, 0) is 0 Å². The molecule has 0 aliphatic carbocycles. The molecule has 2 fully saturated rings. The van der Waals surface area contributed by atoms with E-state index in [0.717, 1.165) is 0 Å². The second kappa shape index (κ2) is 7.66. The molecular formula is C13H24O10. The van der Waals surface area contributed by atoms with Crippen LogP contribution in [0.1, 0.15) is 0 Å². The van der Waals surface area contributed by atoms with E-state index in [1.165, 1.54) is 7.11 Å². The molecule has 0 amide bonds. The number of hydrogen-bond donors (Lipinski definition) is 6. The minimum Gasteiger partial charge on any atom is -0.394 e. The maximum atomic E-state index is 10.1. The van der Waals surface area contributed by atoms with Crippen LogP contribution in [0.15, 0.2) is 0 Å². The lowest BCUT2D eigenvalue weighted by molar-refractivity contribution is -0.321. The molecule has 5 unspecified atom stereocenters. The SMILES string of the molecule is COC1(CO[C@H]2OC(CO)C(O)[C@H](O)C2O)COCC(O)[C@H]1O. The normalized spacial score (nSPS) is 48.4. The van der Waals surface area contributed by atoms with E-state index in [0.29, 0.717) is 0 Å². The first-order valence-electron chi connectivity index (χ1n) is 7.27. The van der Waals surface area contributed by atoms with E-state index in [2.05, 4.69) is 0 Å². The molecule has 0 aromatic heterocycles. The molecule has 0 bridgehead atoms. The Bertz CT molecular complexity index is 380. The molecule has 0 aromatic rings. The van der Waals surface area contributed by atoms with E-state index in [1.54, 1.807) is 0 Å². The van der Waals surface area contributed by atoms with Gasteiger partial charge in [0.25, 0.3) is 0 Å². The van der Waals surface area contributed by atoms with E-state index < -0.39 is 55.1 Å². The van der Waals surface area contributed by atoms with Crippen molar-refractivity contribution < 1.29 is 49.6 Å². The number of aliphatic hydroxyl groups excluding tert-OH is 6. The molecule has 136 valence electrons. The Kier molecular flexibility index (Phi) is 6.30. The summed E-state index contributed by atoms with van der Waals surface area (Å²) in [5, 5.41) is 58.2. The highest BCUT2D eigenvalue weighted by atomic mass is 16.7. The van der Waals surface area contributed by atoms with Crippen LogP contribution >= 0.6 is 0 Å². The van der Waals surface area contributed by atoms with Crippen molar-refractivity contribution in [3.63, 3.8) is 0 Å². The fraction of sp³-hybridized carbons (Fsp3) is 1.00. The van der Waals surface area contributed by atoms with Gasteiger partial charge in [0.2, 0.25) is 0 Å². The van der Waals surface area contributed by atoms with Crippen LogP contribution in [0.2, 0.25) is 0 Å². The number of hydrogen-bond acceptors (Lipinski definition) is 10. The van der Waals surface area contributed by atoms with Gasteiger partial charge in [0.15, 0.2) is 6.29 Å². The molecule has 2 aliphatic heterocycles. The van der Waals surface area contributed by atoms with Crippen LogP contribution in [-0.2, 0) is 18.9 Å². The van der Waals surface area contributed by atoms with Gasteiger partial charge < -0.3 is 49.6 Å². The van der Waals surface area contributed by atoms with Crippen LogP contribution < -0.4 is 0 Å². The molecule has 2 rings (SSSR count). The lowest BCUT2D eigenvalue weighted by Crippen LogP contribution is -2.63. The highest BCUT2D eigenvalue weighted by Crippen LogP contribution is 2.27. The molecule has 0 saturated carbocycles. The van der Waals surface area contributed by atoms with Crippen LogP contribution in [0.3, 0.4) is 0 Å². The number of aliphatic hydroxyl groups is 6. The van der Waals surface area contributed by atoms with Crippen molar-refractivity contribution in [3.8, 4) is 0 Å². The van der Waals surface area contributed by atoms with Gasteiger partial charge in [-0.3, -0.25) is 0 Å². The van der Waals surface area contributed by atoms with Gasteiger partial charge in [0.1, 0.15) is 42.2 Å². The van der Waals surface area contributed by atoms with Crippen molar-refractivity contribution in [3.05, 3.63) is 0 Å². The van der Waals surface area contributed by atoms with Gasteiger partial charge in [0, 0.05) is 7.11 Å². The average molecular weight is 340 g/mol. The van der Waals surface area contributed by atoms with Crippen molar-refractivity contribution in [2.24, 2.45) is 0 Å². The first-order chi connectivity index (χ1) is 10.9. The minimum absolute atomic E-state index is 0.0493. The number of rotatable bonds is 5. The summed E-state index contributed by atoms with van der Waals surface area (Å²) in [7, 11) is 1.31. The number of methoxy groups -OCH3 is 1. The predicted molar refractivity (Wildman–Crippen MR) is 72.3 cm³/mol. The first-order valence-corrected chi connectivity index (χ1v) is 7.27. The standard InChI is InChI=1S/C13H24O10/c1-20-13(4-21-3-6(15)11(13)19)5-22-12-10(18)9(17)8(16)7(2-14)23-12/h6-12,14-19H,2-5H2,1H3/t6?,7?,8?,9-,10?,11+,12-,13?/m0/s1. The van der Waals surface area contributed by atoms with Crippen LogP contribution in [0.25, 0.3) is 0 Å². The molecule has 10 nitrogen and oxygen atoms in total. The largest absolute Gasteiger partial charge is 0.394 e. The fourth-order valence-corrected chi connectivity index (χ4v) is 2.67. The lowest BCUT2D eigenvalue weighted by atomic mass is 9.91. The smallest absolute Gasteiger partial charge is 0.186 e. The minimum atomic E-state index is -1.57. The molecule has 2 heterocycles. The van der Waals surface area contributed by atoms with Gasteiger partial charge in [-0.1, -0.05) is 0 Å². The summed E-state index contributed by atoms with van der Waals surface area (Å²) in [5.41, 5.74) is -1.38. The third-order valence-corrected chi connectivity index (χ3v) is 4.29. The average Bonchev–Trinajstić information content (AvgIpc) is 2.56. The second-order valence-electron chi connectivity index (χ2n) is 5.80. The van der Waals surface area contributed by atoms with Crippen LogP contribution in [0.5, 0.6) is 0 Å². The van der Waals surface area contributed by atoms with E-state index in [1.807, 2.05) is 0 Å². The summed E-state index contributed by atoms with van der Waals surface area (Å²) in [6.07, 6.45) is -9.53. The van der Waals surface area contributed by atoms with Gasteiger partial charge in [-0.15, -0.1) is 0 Å². The lowest BCUT2D eigenvalue weighted by Gasteiger charge is -2.44. The van der Waals surface area contributed by atoms with Gasteiger partial charge in [-0.2, -0.15) is 0 Å². The van der Waals surface area contributed by atoms with E-state index in [9.17, 15) is 25.5 Å². The fourth-order valence-electron chi connectivity index (χ4n) is 2.67. The molecule has 2 aliphatic rings. The third kappa shape index (κ3) is 3.66. The second-order valence-corrected chi connectivity index (χ2v) is 5.80. The Morgan fingerprint density at radius 1 is 1.09 bits per heavy atom. The predicted octanol–water partition coefficient (Wildman–Crippen LogP) is -4.06. The summed E-state index contributed by atoms with van der Waals surface area (Å²) in [6, 6.07) is 0. The van der Waals surface area contributed by atoms with Crippen molar-refractivity contribution in [1.82, 2.24) is 0 Å². The quantitative estimate of drug-likeness (QED) is 0.291. The van der Waals surface area contributed by atoms with Crippen molar-refractivity contribution in [2.45, 2.75) is 48.5 Å². The Morgan fingerprint density at radius 2 is 1.78 bits per heavy atom. The summed E-state index contributed by atoms with van der Waals surface area (Å²) >= 11 is 0. The zero-order valence-corrected chi connectivity index (χ0v) is 12.7. The summed E-state index contributed by atoms with van der Waals surface area (Å²) in [6.45, 7) is -0.999.